The van der Waals surface area contributed by atoms with Crippen LogP contribution in [0.4, 0.5) is 24.5 Å². The smallest absolute Gasteiger partial charge is 0.314 e. The molecule has 9 heteroatoms. The Balaban J connectivity index is 2.02. The highest BCUT2D eigenvalue weighted by atomic mass is 32.2. The molecule has 31 heavy (non-hydrogen) atoms. The van der Waals surface area contributed by atoms with Gasteiger partial charge in [0.25, 0.3) is 0 Å². The van der Waals surface area contributed by atoms with E-state index < -0.39 is 35.3 Å². The summed E-state index contributed by atoms with van der Waals surface area (Å²) in [4.78, 5) is 42.8. The average Bonchev–Trinajstić information content (AvgIpc) is 2.74. The first-order valence-electron chi connectivity index (χ1n) is 9.59. The fourth-order valence-electron chi connectivity index (χ4n) is 3.58. The molecular formula is C22H21F3N2O3S. The number of fused-ring (bicyclic) bond motifs is 1. The minimum atomic E-state index is -4.51. The van der Waals surface area contributed by atoms with Crippen LogP contribution in [0.3, 0.4) is 0 Å². The van der Waals surface area contributed by atoms with Crippen LogP contribution in [0.15, 0.2) is 47.4 Å². The molecule has 0 saturated heterocycles. The van der Waals surface area contributed by atoms with Crippen molar-refractivity contribution < 1.29 is 27.6 Å². The first-order chi connectivity index (χ1) is 14.6. The van der Waals surface area contributed by atoms with Crippen molar-refractivity contribution in [1.29, 1.82) is 0 Å². The molecule has 2 aromatic rings. The van der Waals surface area contributed by atoms with Crippen molar-refractivity contribution in [1.82, 2.24) is 0 Å². The molecule has 0 fully saturated rings. The first kappa shape index (κ1) is 22.9. The van der Waals surface area contributed by atoms with Crippen molar-refractivity contribution in [3.63, 3.8) is 0 Å². The van der Waals surface area contributed by atoms with Crippen LogP contribution in [-0.2, 0) is 15.8 Å². The monoisotopic (exact) mass is 450 g/mol. The third-order valence-corrected chi connectivity index (χ3v) is 5.92. The third kappa shape index (κ3) is 4.19. The van der Waals surface area contributed by atoms with E-state index >= 15 is 0 Å². The second-order valence-corrected chi connectivity index (χ2v) is 7.93. The number of anilines is 2. The van der Waals surface area contributed by atoms with Crippen LogP contribution in [0.5, 0.6) is 0 Å². The van der Waals surface area contributed by atoms with Crippen molar-refractivity contribution in [2.45, 2.75) is 24.4 Å². The number of nitrogens with zero attached hydrogens (tertiary/aromatic N) is 2. The summed E-state index contributed by atoms with van der Waals surface area (Å²) in [6, 6.07) is 9.23. The summed E-state index contributed by atoms with van der Waals surface area (Å²) in [7, 11) is 1.50. The number of carbonyl (C=O) groups is 3. The largest absolute Gasteiger partial charge is 0.416 e. The molecule has 0 bridgehead atoms. The Morgan fingerprint density at radius 1 is 1.13 bits per heavy atom. The molecule has 0 spiro atoms. The molecule has 1 heterocycles. The number of benzene rings is 2. The van der Waals surface area contributed by atoms with Crippen molar-refractivity contribution >= 4 is 40.7 Å². The van der Waals surface area contributed by atoms with Gasteiger partial charge in [-0.25, -0.2) is 0 Å². The molecule has 0 aliphatic carbocycles. The van der Waals surface area contributed by atoms with Gasteiger partial charge < -0.3 is 9.80 Å². The summed E-state index contributed by atoms with van der Waals surface area (Å²) in [5.74, 6) is -3.58. The zero-order chi connectivity index (χ0) is 22.9. The average molecular weight is 450 g/mol. The maximum absolute atomic E-state index is 13.4. The molecule has 0 aromatic heterocycles. The van der Waals surface area contributed by atoms with Gasteiger partial charge in [0.1, 0.15) is 0 Å². The van der Waals surface area contributed by atoms with Gasteiger partial charge in [0.2, 0.25) is 11.8 Å². The lowest BCUT2D eigenvalue weighted by atomic mass is 9.89. The van der Waals surface area contributed by atoms with Crippen molar-refractivity contribution in [3.05, 3.63) is 53.6 Å². The lowest BCUT2D eigenvalue weighted by molar-refractivity contribution is -0.137. The Hall–Kier alpha value is -2.81. The molecule has 2 aromatic carbocycles. The molecule has 1 aliphatic heterocycles. The highest BCUT2D eigenvalue weighted by Gasteiger charge is 2.45. The molecule has 0 radical (unpaired) electrons. The molecule has 1 atom stereocenters. The molecule has 1 aliphatic rings. The number of halogens is 3. The van der Waals surface area contributed by atoms with E-state index in [0.29, 0.717) is 22.6 Å². The van der Waals surface area contributed by atoms with Crippen LogP contribution in [0.1, 0.15) is 29.3 Å². The van der Waals surface area contributed by atoms with Gasteiger partial charge in [0, 0.05) is 24.2 Å². The molecule has 0 saturated carbocycles. The van der Waals surface area contributed by atoms with E-state index in [1.54, 1.807) is 31.4 Å². The SMILES string of the molecule is CCCN(C(=O)C1C(=O)c2c(SC)cccc2N(C)C1=O)c1ccc(C(F)(F)F)cc1. The van der Waals surface area contributed by atoms with E-state index in [2.05, 4.69) is 0 Å². The van der Waals surface area contributed by atoms with Gasteiger partial charge in [-0.05, 0) is 49.1 Å². The zero-order valence-corrected chi connectivity index (χ0v) is 18.0. The van der Waals surface area contributed by atoms with Gasteiger partial charge in [0.05, 0.1) is 16.8 Å². The quantitative estimate of drug-likeness (QED) is 0.492. The molecule has 1 unspecified atom stereocenters. The van der Waals surface area contributed by atoms with Crippen LogP contribution in [0.2, 0.25) is 0 Å². The number of carbonyl (C=O) groups excluding carboxylic acids is 3. The molecule has 2 amide bonds. The second kappa shape index (κ2) is 8.74. The minimum absolute atomic E-state index is 0.155. The van der Waals surface area contributed by atoms with Crippen LogP contribution in [0.25, 0.3) is 0 Å². The maximum atomic E-state index is 13.4. The first-order valence-corrected chi connectivity index (χ1v) is 10.8. The van der Waals surface area contributed by atoms with Gasteiger partial charge in [-0.2, -0.15) is 13.2 Å². The Morgan fingerprint density at radius 2 is 1.77 bits per heavy atom. The predicted molar refractivity (Wildman–Crippen MR) is 114 cm³/mol. The fourth-order valence-corrected chi connectivity index (χ4v) is 4.20. The van der Waals surface area contributed by atoms with E-state index in [4.69, 9.17) is 0 Å². The molecule has 3 rings (SSSR count). The number of alkyl halides is 3. The number of Topliss-reactive ketones (excluding diaryl/α,β-unsaturated/α-hetero) is 1. The summed E-state index contributed by atoms with van der Waals surface area (Å²) in [6.07, 6.45) is -2.22. The van der Waals surface area contributed by atoms with Crippen LogP contribution < -0.4 is 9.80 Å². The minimum Gasteiger partial charge on any atom is -0.314 e. The van der Waals surface area contributed by atoms with Gasteiger partial charge >= 0.3 is 6.18 Å². The predicted octanol–water partition coefficient (Wildman–Crippen LogP) is 4.65. The maximum Gasteiger partial charge on any atom is 0.416 e. The number of thioether (sulfide) groups is 1. The Labute approximate surface area is 182 Å². The fraction of sp³-hybridized carbons (Fsp3) is 0.318. The van der Waals surface area contributed by atoms with Gasteiger partial charge in [-0.1, -0.05) is 13.0 Å². The van der Waals surface area contributed by atoms with Crippen molar-refractivity contribution in [3.8, 4) is 0 Å². The summed E-state index contributed by atoms with van der Waals surface area (Å²) in [5.41, 5.74) is 0.0945. The number of hydrogen-bond acceptors (Lipinski definition) is 4. The van der Waals surface area contributed by atoms with E-state index in [9.17, 15) is 27.6 Å². The summed E-state index contributed by atoms with van der Waals surface area (Å²) in [6.45, 7) is 1.95. The number of rotatable bonds is 5. The van der Waals surface area contributed by atoms with Crippen LogP contribution >= 0.6 is 11.8 Å². The molecule has 0 N–H and O–H groups in total. The van der Waals surface area contributed by atoms with E-state index in [-0.39, 0.29) is 12.2 Å². The highest BCUT2D eigenvalue weighted by Crippen LogP contribution is 2.37. The molecular weight excluding hydrogens is 429 g/mol. The van der Waals surface area contributed by atoms with Gasteiger partial charge in [0.15, 0.2) is 11.7 Å². The summed E-state index contributed by atoms with van der Waals surface area (Å²) in [5, 5.41) is 0. The molecule has 5 nitrogen and oxygen atoms in total. The van der Waals surface area contributed by atoms with E-state index in [1.807, 2.05) is 0 Å². The topological polar surface area (TPSA) is 57.7 Å². The lowest BCUT2D eigenvalue weighted by Gasteiger charge is -2.33. The Bertz CT molecular complexity index is 1020. The third-order valence-electron chi connectivity index (χ3n) is 5.14. The standard InChI is InChI=1S/C22H21F3N2O3S/c1-4-12-27(14-10-8-13(9-11-14)22(23,24)25)21(30)18-19(28)17-15(26(2)20(18)29)6-5-7-16(17)31-3/h5-11,18H,4,12H2,1-3H3. The summed E-state index contributed by atoms with van der Waals surface area (Å²) >= 11 is 1.33. The number of hydrogen-bond donors (Lipinski definition) is 0. The lowest BCUT2D eigenvalue weighted by Crippen LogP contribution is -2.51. The highest BCUT2D eigenvalue weighted by molar-refractivity contribution is 7.98. The van der Waals surface area contributed by atoms with E-state index in [1.165, 1.54) is 40.7 Å². The zero-order valence-electron chi connectivity index (χ0n) is 17.2. The normalized spacial score (nSPS) is 16.3. The second-order valence-electron chi connectivity index (χ2n) is 7.08. The van der Waals surface area contributed by atoms with Gasteiger partial charge in [-0.15, -0.1) is 11.8 Å². The Morgan fingerprint density at radius 3 is 2.32 bits per heavy atom. The molecule has 164 valence electrons. The van der Waals surface area contributed by atoms with Gasteiger partial charge in [-0.3, -0.25) is 14.4 Å². The van der Waals surface area contributed by atoms with E-state index in [0.717, 1.165) is 12.1 Å². The van der Waals surface area contributed by atoms with Crippen molar-refractivity contribution in [2.24, 2.45) is 5.92 Å². The number of ketones is 1. The Kier molecular flexibility index (Phi) is 6.45. The summed E-state index contributed by atoms with van der Waals surface area (Å²) < 4.78 is 38.7. The van der Waals surface area contributed by atoms with Crippen LogP contribution in [-0.4, -0.2) is 37.4 Å². The number of amides is 2. The van der Waals surface area contributed by atoms with Crippen LogP contribution in [0, 0.1) is 5.92 Å². The van der Waals surface area contributed by atoms with Crippen molar-refractivity contribution in [2.75, 3.05) is 29.6 Å².